The van der Waals surface area contributed by atoms with Crippen molar-refractivity contribution in [3.8, 4) is 0 Å². The highest BCUT2D eigenvalue weighted by atomic mass is 32.3. The normalized spacial score (nSPS) is 19.3. The predicted octanol–water partition coefficient (Wildman–Crippen LogP) is 7.20. The molecule has 2 aliphatic rings. The maximum atomic E-state index is 11.3. The van der Waals surface area contributed by atoms with Crippen molar-refractivity contribution in [1.82, 2.24) is 0 Å². The zero-order valence-corrected chi connectivity index (χ0v) is 23.4. The minimum atomic E-state index is -0.169. The molecule has 30 heavy (non-hydrogen) atoms. The first-order chi connectivity index (χ1) is 14.5. The van der Waals surface area contributed by atoms with E-state index in [0.717, 1.165) is 11.5 Å². The van der Waals surface area contributed by atoms with Gasteiger partial charge in [0, 0.05) is 11.5 Å². The van der Waals surface area contributed by atoms with Crippen molar-refractivity contribution in [2.24, 2.45) is 0 Å². The van der Waals surface area contributed by atoms with E-state index in [9.17, 15) is 9.59 Å². The number of rotatable bonds is 11. The fourth-order valence-corrected chi connectivity index (χ4v) is 12.4. The Morgan fingerprint density at radius 3 is 1.43 bits per heavy atom. The van der Waals surface area contributed by atoms with Gasteiger partial charge in [0.2, 0.25) is 0 Å². The fourth-order valence-electron chi connectivity index (χ4n) is 1.93. The second-order valence-corrected chi connectivity index (χ2v) is 14.9. The average Bonchev–Trinajstić information content (AvgIpc) is 3.34. The molecule has 0 N–H and O–H groups in total. The minimum absolute atomic E-state index is 0.169. The highest BCUT2D eigenvalue weighted by molar-refractivity contribution is 8.41. The van der Waals surface area contributed by atoms with Crippen molar-refractivity contribution in [2.75, 3.05) is 38.2 Å². The predicted molar refractivity (Wildman–Crippen MR) is 146 cm³/mol. The molecule has 12 heteroatoms. The first kappa shape index (κ1) is 26.9. The summed E-state index contributed by atoms with van der Waals surface area (Å²) in [6, 6.07) is 0. The van der Waals surface area contributed by atoms with Gasteiger partial charge < -0.3 is 9.47 Å². The third kappa shape index (κ3) is 8.92. The third-order valence-corrected chi connectivity index (χ3v) is 13.9. The molecule has 166 valence electrons. The summed E-state index contributed by atoms with van der Waals surface area (Å²) < 4.78 is 17.0. The molecular formula is C18H22O4S8. The van der Waals surface area contributed by atoms with Crippen LogP contribution in [0.1, 0.15) is 12.8 Å². The SMILES string of the molecule is COC(=O)CCSC1=C(SC)SC(=CC=C2SC(SC)=C(SCCC(=O)OC)S2)S1. The van der Waals surface area contributed by atoms with E-state index in [4.69, 9.17) is 9.47 Å². The lowest BCUT2D eigenvalue weighted by atomic mass is 10.5. The summed E-state index contributed by atoms with van der Waals surface area (Å²) in [5, 5.41) is 0. The summed E-state index contributed by atoms with van der Waals surface area (Å²) in [4.78, 5) is 22.6. The molecular weight excluding hydrogens is 537 g/mol. The molecule has 0 spiro atoms. The Hall–Kier alpha value is 0.700. The van der Waals surface area contributed by atoms with Crippen molar-refractivity contribution in [2.45, 2.75) is 12.8 Å². The smallest absolute Gasteiger partial charge is 0.306 e. The second-order valence-electron chi connectivity index (χ2n) is 5.29. The zero-order valence-electron chi connectivity index (χ0n) is 16.9. The summed E-state index contributed by atoms with van der Waals surface area (Å²) in [6.45, 7) is 0. The molecule has 0 aromatic rings. The number of hydrogen-bond acceptors (Lipinski definition) is 12. The molecule has 0 aliphatic carbocycles. The first-order valence-electron chi connectivity index (χ1n) is 8.59. The number of allylic oxidation sites excluding steroid dienone is 2. The van der Waals surface area contributed by atoms with Crippen LogP contribution in [0.5, 0.6) is 0 Å². The molecule has 0 aromatic carbocycles. The molecule has 0 radical (unpaired) electrons. The van der Waals surface area contributed by atoms with Crippen LogP contribution in [0.4, 0.5) is 0 Å². The lowest BCUT2D eigenvalue weighted by molar-refractivity contribution is -0.140. The lowest BCUT2D eigenvalue weighted by Crippen LogP contribution is -2.00. The van der Waals surface area contributed by atoms with Gasteiger partial charge in [-0.15, -0.1) is 47.0 Å². The van der Waals surface area contributed by atoms with Gasteiger partial charge in [-0.1, -0.05) is 47.0 Å². The van der Waals surface area contributed by atoms with Gasteiger partial charge in [-0.3, -0.25) is 9.59 Å². The molecule has 0 amide bonds. The number of esters is 2. The minimum Gasteiger partial charge on any atom is -0.469 e. The van der Waals surface area contributed by atoms with Crippen molar-refractivity contribution < 1.29 is 19.1 Å². The highest BCUT2D eigenvalue weighted by Crippen LogP contribution is 2.59. The van der Waals surface area contributed by atoms with E-state index in [0.29, 0.717) is 12.8 Å². The summed E-state index contributed by atoms with van der Waals surface area (Å²) in [7, 11) is 2.85. The number of carbonyl (C=O) groups excluding carboxylic acids is 2. The molecule has 0 fully saturated rings. The molecule has 0 atom stereocenters. The van der Waals surface area contributed by atoms with Crippen LogP contribution in [-0.4, -0.2) is 50.2 Å². The Balaban J connectivity index is 1.89. The summed E-state index contributed by atoms with van der Waals surface area (Å²) in [5.74, 6) is 1.12. The first-order valence-corrected chi connectivity index (χ1v) is 16.3. The van der Waals surface area contributed by atoms with Crippen molar-refractivity contribution in [3.05, 3.63) is 37.6 Å². The van der Waals surface area contributed by atoms with E-state index in [2.05, 4.69) is 24.7 Å². The Morgan fingerprint density at radius 1 is 0.733 bits per heavy atom. The van der Waals surface area contributed by atoms with Gasteiger partial charge in [0.05, 0.1) is 52.5 Å². The van der Waals surface area contributed by atoms with Crippen LogP contribution in [0.2, 0.25) is 0 Å². The Kier molecular flexibility index (Phi) is 13.3. The molecule has 2 heterocycles. The van der Waals surface area contributed by atoms with E-state index in [1.165, 1.54) is 39.6 Å². The van der Waals surface area contributed by atoms with E-state index in [-0.39, 0.29) is 11.9 Å². The Labute approximate surface area is 212 Å². The molecule has 2 aliphatic heterocycles. The number of thioether (sulfide) groups is 8. The van der Waals surface area contributed by atoms with Crippen LogP contribution >= 0.6 is 94.1 Å². The summed E-state index contributed by atoms with van der Waals surface area (Å²) in [6.07, 6.45) is 9.37. The van der Waals surface area contributed by atoms with Gasteiger partial charge in [-0.25, -0.2) is 0 Å². The highest BCUT2D eigenvalue weighted by Gasteiger charge is 2.23. The van der Waals surface area contributed by atoms with E-state index < -0.39 is 0 Å². The van der Waals surface area contributed by atoms with Crippen LogP contribution in [0.25, 0.3) is 0 Å². The maximum absolute atomic E-state index is 11.3. The zero-order chi connectivity index (χ0) is 21.9. The van der Waals surface area contributed by atoms with Crippen LogP contribution in [0, 0.1) is 0 Å². The van der Waals surface area contributed by atoms with E-state index in [1.807, 2.05) is 0 Å². The number of methoxy groups -OCH3 is 2. The van der Waals surface area contributed by atoms with Crippen LogP contribution < -0.4 is 0 Å². The van der Waals surface area contributed by atoms with Gasteiger partial charge in [0.15, 0.2) is 0 Å². The number of ether oxygens (including phenoxy) is 2. The topological polar surface area (TPSA) is 52.6 Å². The van der Waals surface area contributed by atoms with Crippen LogP contribution in [0.15, 0.2) is 37.6 Å². The summed E-state index contributed by atoms with van der Waals surface area (Å²) in [5.41, 5.74) is 0. The Bertz CT molecular complexity index is 708. The molecule has 2 rings (SSSR count). The number of hydrogen-bond donors (Lipinski definition) is 0. The van der Waals surface area contributed by atoms with Gasteiger partial charge in [-0.05, 0) is 24.7 Å². The van der Waals surface area contributed by atoms with Crippen molar-refractivity contribution in [1.29, 1.82) is 0 Å². The number of carbonyl (C=O) groups is 2. The second kappa shape index (κ2) is 14.8. The van der Waals surface area contributed by atoms with Gasteiger partial charge >= 0.3 is 11.9 Å². The molecule has 0 saturated heterocycles. The largest absolute Gasteiger partial charge is 0.469 e. The monoisotopic (exact) mass is 558 g/mol. The molecule has 4 nitrogen and oxygen atoms in total. The van der Waals surface area contributed by atoms with Crippen LogP contribution in [-0.2, 0) is 19.1 Å². The summed E-state index contributed by atoms with van der Waals surface area (Å²) >= 11 is 14.0. The van der Waals surface area contributed by atoms with Gasteiger partial charge in [0.1, 0.15) is 0 Å². The molecule has 0 bridgehead atoms. The van der Waals surface area contributed by atoms with Gasteiger partial charge in [-0.2, -0.15) is 0 Å². The van der Waals surface area contributed by atoms with E-state index >= 15 is 0 Å². The van der Waals surface area contributed by atoms with Crippen molar-refractivity contribution >= 4 is 106 Å². The standard InChI is InChI=1S/C18H22O4S8/c1-21-11(19)7-9-25-17-15(23-3)27-13(29-17)5-6-14-28-16(24-4)18(30-14)26-10-8-12(20)22-2/h5-6H,7-10H2,1-4H3. The fraction of sp³-hybridized carbons (Fsp3) is 0.444. The van der Waals surface area contributed by atoms with Crippen molar-refractivity contribution in [3.63, 3.8) is 0 Å². The third-order valence-electron chi connectivity index (χ3n) is 3.37. The quantitative estimate of drug-likeness (QED) is 0.241. The van der Waals surface area contributed by atoms with E-state index in [1.54, 1.807) is 94.1 Å². The molecule has 0 unspecified atom stereocenters. The maximum Gasteiger partial charge on any atom is 0.306 e. The molecule has 0 saturated carbocycles. The lowest BCUT2D eigenvalue weighted by Gasteiger charge is -2.02. The van der Waals surface area contributed by atoms with Crippen LogP contribution in [0.3, 0.4) is 0 Å². The average molecular weight is 559 g/mol. The Morgan fingerprint density at radius 2 is 1.10 bits per heavy atom. The molecule has 0 aromatic heterocycles. The van der Waals surface area contributed by atoms with Gasteiger partial charge in [0.25, 0.3) is 0 Å².